The first-order valence-electron chi connectivity index (χ1n) is 10.3. The lowest BCUT2D eigenvalue weighted by atomic mass is 9.96. The third kappa shape index (κ3) is 4.01. The largest absolute Gasteiger partial charge is 0.496 e. The Morgan fingerprint density at radius 2 is 1.68 bits per heavy atom. The molecular weight excluding hydrogens is 480 g/mol. The first kappa shape index (κ1) is 23.7. The summed E-state index contributed by atoms with van der Waals surface area (Å²) >= 11 is 6.07. The van der Waals surface area contributed by atoms with Gasteiger partial charge in [0.25, 0.3) is 15.9 Å². The summed E-state index contributed by atoms with van der Waals surface area (Å²) < 4.78 is 42.9. The van der Waals surface area contributed by atoms with Crippen molar-refractivity contribution in [3.63, 3.8) is 0 Å². The molecule has 34 heavy (non-hydrogen) atoms. The molecule has 0 bridgehead atoms. The molecule has 3 aromatic rings. The van der Waals surface area contributed by atoms with E-state index in [0.29, 0.717) is 44.6 Å². The Morgan fingerprint density at radius 3 is 2.32 bits per heavy atom. The number of benzene rings is 3. The van der Waals surface area contributed by atoms with Crippen molar-refractivity contribution in [1.82, 2.24) is 5.32 Å². The molecule has 0 saturated heterocycles. The van der Waals surface area contributed by atoms with Gasteiger partial charge in [-0.1, -0.05) is 29.8 Å². The predicted octanol–water partition coefficient (Wildman–Crippen LogP) is 4.64. The average molecular weight is 503 g/mol. The van der Waals surface area contributed by atoms with Crippen LogP contribution in [0.5, 0.6) is 17.2 Å². The van der Waals surface area contributed by atoms with Crippen LogP contribution in [0.3, 0.4) is 0 Å². The topological polar surface area (TPSA) is 103 Å². The number of fused-ring (bicyclic) bond motifs is 1. The summed E-state index contributed by atoms with van der Waals surface area (Å²) in [6.45, 7) is 1.83. The van der Waals surface area contributed by atoms with Gasteiger partial charge in [-0.05, 0) is 37.3 Å². The van der Waals surface area contributed by atoms with Crippen LogP contribution >= 0.6 is 11.6 Å². The molecule has 1 unspecified atom stereocenters. The molecule has 4 rings (SSSR count). The van der Waals surface area contributed by atoms with Crippen LogP contribution in [0, 0.1) is 0 Å². The molecule has 3 aromatic carbocycles. The smallest absolute Gasteiger partial charge is 0.264 e. The summed E-state index contributed by atoms with van der Waals surface area (Å²) in [6, 6.07) is 13.1. The van der Waals surface area contributed by atoms with Crippen LogP contribution in [-0.2, 0) is 10.0 Å². The first-order chi connectivity index (χ1) is 16.2. The maximum absolute atomic E-state index is 13.0. The number of hydrogen-bond acceptors (Lipinski definition) is 6. The third-order valence-electron chi connectivity index (χ3n) is 5.61. The summed E-state index contributed by atoms with van der Waals surface area (Å²) in [6.07, 6.45) is 0. The van der Waals surface area contributed by atoms with E-state index in [1.165, 1.54) is 27.4 Å². The molecule has 0 aromatic heterocycles. The highest BCUT2D eigenvalue weighted by molar-refractivity contribution is 7.94. The molecule has 0 radical (unpaired) electrons. The summed E-state index contributed by atoms with van der Waals surface area (Å²) in [7, 11) is 1.01. The zero-order valence-electron chi connectivity index (χ0n) is 18.9. The minimum atomic E-state index is -3.49. The number of sulfonamides is 1. The lowest BCUT2D eigenvalue weighted by Crippen LogP contribution is -2.27. The summed E-state index contributed by atoms with van der Waals surface area (Å²) in [5.74, 6) is 0.966. The predicted molar refractivity (Wildman–Crippen MR) is 130 cm³/mol. The van der Waals surface area contributed by atoms with Gasteiger partial charge in [-0.15, -0.1) is 0 Å². The number of amides is 1. The number of para-hydroxylation sites is 1. The van der Waals surface area contributed by atoms with E-state index in [9.17, 15) is 13.2 Å². The van der Waals surface area contributed by atoms with Crippen LogP contribution in [-0.4, -0.2) is 35.7 Å². The highest BCUT2D eigenvalue weighted by Crippen LogP contribution is 2.49. The lowest BCUT2D eigenvalue weighted by Gasteiger charge is -2.26. The van der Waals surface area contributed by atoms with Crippen molar-refractivity contribution in [3.05, 3.63) is 64.7 Å². The standard InChI is InChI=1S/C24H23ClN2O6S/c1-13(26-24(28)18-12-14(25)8-10-19(18)31-2)15-6-5-7-16(22(15)32-3)17-9-11-20-21(23(17)33-4)27-34(20,29)30/h5-13,27H,1-4H3,(H,26,28). The fraction of sp³-hybridized carbons (Fsp3) is 0.208. The summed E-state index contributed by atoms with van der Waals surface area (Å²) in [5.41, 5.74) is 2.78. The van der Waals surface area contributed by atoms with Crippen LogP contribution in [0.25, 0.3) is 11.1 Å². The molecule has 178 valence electrons. The molecule has 8 nitrogen and oxygen atoms in total. The second kappa shape index (κ2) is 9.08. The molecule has 0 fully saturated rings. The van der Waals surface area contributed by atoms with Gasteiger partial charge < -0.3 is 19.5 Å². The van der Waals surface area contributed by atoms with E-state index in [1.807, 2.05) is 25.1 Å². The number of methoxy groups -OCH3 is 3. The Hall–Kier alpha value is -3.43. The van der Waals surface area contributed by atoms with E-state index in [2.05, 4.69) is 10.0 Å². The van der Waals surface area contributed by atoms with E-state index < -0.39 is 16.1 Å². The second-order valence-corrected chi connectivity index (χ2v) is 9.68. The SMILES string of the molecule is COc1ccc(Cl)cc1C(=O)NC(C)c1cccc(-c2ccc3c(c2OC)NS3(=O)=O)c1OC. The second-order valence-electron chi connectivity index (χ2n) is 7.59. The normalized spacial score (nSPS) is 14.1. The quantitative estimate of drug-likeness (QED) is 0.488. The first-order valence-corrected chi connectivity index (χ1v) is 12.1. The number of ether oxygens (including phenoxy) is 3. The minimum Gasteiger partial charge on any atom is -0.496 e. The maximum atomic E-state index is 13.0. The highest BCUT2D eigenvalue weighted by Gasteiger charge is 2.35. The van der Waals surface area contributed by atoms with Gasteiger partial charge in [0.2, 0.25) is 0 Å². The van der Waals surface area contributed by atoms with Gasteiger partial charge in [-0.3, -0.25) is 9.52 Å². The molecule has 1 aliphatic heterocycles. The zero-order valence-corrected chi connectivity index (χ0v) is 20.5. The lowest BCUT2D eigenvalue weighted by molar-refractivity contribution is 0.0936. The van der Waals surface area contributed by atoms with Crippen molar-refractivity contribution in [3.8, 4) is 28.4 Å². The van der Waals surface area contributed by atoms with Gasteiger partial charge in [0, 0.05) is 21.7 Å². The van der Waals surface area contributed by atoms with Gasteiger partial charge in [-0.2, -0.15) is 0 Å². The Balaban J connectivity index is 1.72. The number of carbonyl (C=O) groups is 1. The number of nitrogens with one attached hydrogen (secondary N) is 2. The number of anilines is 1. The molecule has 1 amide bonds. The molecule has 0 aliphatic carbocycles. The van der Waals surface area contributed by atoms with Crippen LogP contribution < -0.4 is 24.2 Å². The number of rotatable bonds is 7. The molecule has 2 N–H and O–H groups in total. The van der Waals surface area contributed by atoms with Crippen molar-refractivity contribution >= 4 is 33.2 Å². The number of carbonyl (C=O) groups excluding carboxylic acids is 1. The Labute approximate surface area is 202 Å². The van der Waals surface area contributed by atoms with Gasteiger partial charge in [0.05, 0.1) is 32.9 Å². The van der Waals surface area contributed by atoms with E-state index in [0.717, 1.165) is 5.56 Å². The van der Waals surface area contributed by atoms with Gasteiger partial charge in [0.15, 0.2) is 5.75 Å². The fourth-order valence-electron chi connectivity index (χ4n) is 4.00. The van der Waals surface area contributed by atoms with Gasteiger partial charge >= 0.3 is 0 Å². The van der Waals surface area contributed by atoms with Crippen molar-refractivity contribution < 1.29 is 27.4 Å². The Morgan fingerprint density at radius 1 is 0.971 bits per heavy atom. The minimum absolute atomic E-state index is 0.180. The molecule has 1 heterocycles. The number of halogens is 1. The Bertz CT molecular complexity index is 1390. The monoisotopic (exact) mass is 502 g/mol. The van der Waals surface area contributed by atoms with Crippen molar-refractivity contribution in [2.45, 2.75) is 17.9 Å². The summed E-state index contributed by atoms with van der Waals surface area (Å²) in [4.78, 5) is 13.2. The van der Waals surface area contributed by atoms with Crippen LogP contribution in [0.15, 0.2) is 53.4 Å². The highest BCUT2D eigenvalue weighted by atomic mass is 35.5. The van der Waals surface area contributed by atoms with Gasteiger partial charge in [0.1, 0.15) is 22.1 Å². The van der Waals surface area contributed by atoms with E-state index in [1.54, 1.807) is 24.3 Å². The van der Waals surface area contributed by atoms with Crippen molar-refractivity contribution in [2.75, 3.05) is 26.1 Å². The van der Waals surface area contributed by atoms with Gasteiger partial charge in [-0.25, -0.2) is 8.42 Å². The fourth-order valence-corrected chi connectivity index (χ4v) is 5.26. The van der Waals surface area contributed by atoms with Crippen molar-refractivity contribution in [2.24, 2.45) is 0 Å². The number of hydrogen-bond donors (Lipinski definition) is 2. The van der Waals surface area contributed by atoms with E-state index >= 15 is 0 Å². The Kier molecular flexibility index (Phi) is 6.33. The molecule has 1 atom stereocenters. The molecule has 1 aliphatic rings. The summed E-state index contributed by atoms with van der Waals surface area (Å²) in [5, 5.41) is 3.38. The third-order valence-corrected chi connectivity index (χ3v) is 7.24. The molecule has 10 heteroatoms. The van der Waals surface area contributed by atoms with E-state index in [4.69, 9.17) is 25.8 Å². The maximum Gasteiger partial charge on any atom is 0.264 e. The van der Waals surface area contributed by atoms with Crippen LogP contribution in [0.1, 0.15) is 28.9 Å². The van der Waals surface area contributed by atoms with E-state index in [-0.39, 0.29) is 10.8 Å². The molecule has 0 saturated carbocycles. The molecule has 0 spiro atoms. The van der Waals surface area contributed by atoms with Crippen LogP contribution in [0.2, 0.25) is 5.02 Å². The molecular formula is C24H23ClN2O6S. The van der Waals surface area contributed by atoms with Crippen molar-refractivity contribution in [1.29, 1.82) is 0 Å². The average Bonchev–Trinajstić information content (AvgIpc) is 2.82. The van der Waals surface area contributed by atoms with Crippen LogP contribution in [0.4, 0.5) is 5.69 Å². The zero-order chi connectivity index (χ0) is 24.6.